The zero-order valence-electron chi connectivity index (χ0n) is 13.6. The van der Waals surface area contributed by atoms with Crippen LogP contribution in [-0.4, -0.2) is 29.9 Å². The lowest BCUT2D eigenvalue weighted by Crippen LogP contribution is -2.01. The molecule has 1 aromatic heterocycles. The van der Waals surface area contributed by atoms with E-state index in [0.717, 1.165) is 27.6 Å². The first-order valence-electron chi connectivity index (χ1n) is 7.69. The molecule has 0 spiro atoms. The Morgan fingerprint density at radius 3 is 2.67 bits per heavy atom. The summed E-state index contributed by atoms with van der Waals surface area (Å²) in [6.07, 6.45) is 1.52. The fourth-order valence-corrected chi connectivity index (χ4v) is 2.57. The lowest BCUT2D eigenvalue weighted by molar-refractivity contribution is -0.137. The van der Waals surface area contributed by atoms with E-state index in [1.807, 2.05) is 48.5 Å². The second-order valence-corrected chi connectivity index (χ2v) is 5.17. The first-order chi connectivity index (χ1) is 11.7. The van der Waals surface area contributed by atoms with Crippen LogP contribution in [0, 0.1) is 0 Å². The average Bonchev–Trinajstić information content (AvgIpc) is 3.03. The van der Waals surface area contributed by atoms with E-state index in [0.29, 0.717) is 12.5 Å². The van der Waals surface area contributed by atoms with E-state index in [1.54, 1.807) is 14.0 Å². The summed E-state index contributed by atoms with van der Waals surface area (Å²) in [5.74, 6) is 0.158. The molecule has 0 saturated heterocycles. The molecule has 0 aliphatic rings. The molecule has 0 amide bonds. The van der Waals surface area contributed by atoms with Gasteiger partial charge >= 0.3 is 5.97 Å². The van der Waals surface area contributed by atoms with Crippen molar-refractivity contribution in [3.8, 4) is 5.88 Å². The number of benzene rings is 2. The van der Waals surface area contributed by atoms with Crippen LogP contribution in [0.1, 0.15) is 18.1 Å². The van der Waals surface area contributed by atoms with Gasteiger partial charge in [0.25, 0.3) is 0 Å². The number of fused-ring (bicyclic) bond motifs is 1. The van der Waals surface area contributed by atoms with Crippen molar-refractivity contribution in [2.75, 3.05) is 13.7 Å². The van der Waals surface area contributed by atoms with Gasteiger partial charge in [0.05, 0.1) is 24.6 Å². The van der Waals surface area contributed by atoms with E-state index in [4.69, 9.17) is 9.47 Å². The number of carbonyl (C=O) groups is 1. The van der Waals surface area contributed by atoms with Crippen LogP contribution in [0.4, 0.5) is 0 Å². The molecule has 5 heteroatoms. The predicted octanol–water partition coefficient (Wildman–Crippen LogP) is 3.57. The summed E-state index contributed by atoms with van der Waals surface area (Å²) in [5, 5.41) is 7.90. The Labute approximate surface area is 139 Å². The number of hydrogen-bond donors (Lipinski definition) is 1. The molecule has 0 fully saturated rings. The predicted molar refractivity (Wildman–Crippen MR) is 92.8 cm³/mol. The van der Waals surface area contributed by atoms with E-state index < -0.39 is 0 Å². The van der Waals surface area contributed by atoms with Crippen LogP contribution < -0.4 is 4.74 Å². The molecule has 5 nitrogen and oxygen atoms in total. The van der Waals surface area contributed by atoms with Crippen molar-refractivity contribution in [1.82, 2.24) is 10.2 Å². The van der Waals surface area contributed by atoms with Gasteiger partial charge < -0.3 is 9.47 Å². The third-order valence-electron chi connectivity index (χ3n) is 3.67. The van der Waals surface area contributed by atoms with Crippen molar-refractivity contribution in [2.24, 2.45) is 0 Å². The number of nitrogens with one attached hydrogen (secondary N) is 1. The Hall–Kier alpha value is -3.08. The molecular formula is C19H18N2O3. The number of carbonyl (C=O) groups excluding carboxylic acids is 1. The molecule has 0 unspecified atom stereocenters. The fraction of sp³-hybridized carbons (Fsp3) is 0.158. The molecule has 24 heavy (non-hydrogen) atoms. The van der Waals surface area contributed by atoms with Crippen LogP contribution >= 0.6 is 0 Å². The highest BCUT2D eigenvalue weighted by Crippen LogP contribution is 2.29. The van der Waals surface area contributed by atoms with E-state index in [-0.39, 0.29) is 5.97 Å². The van der Waals surface area contributed by atoms with Crippen LogP contribution in [-0.2, 0) is 9.53 Å². The molecule has 0 saturated carbocycles. The summed E-state index contributed by atoms with van der Waals surface area (Å²) in [5.41, 5.74) is 3.49. The standard InChI is InChI=1S/C19H18N2O3/c1-3-24-18(22)12-15(13-7-5-4-6-8-13)14-9-10-17-16(11-14)19(23-2)21-20-17/h4-12H,3H2,1-2H3,(H,20,21)/b15-12+. The fourth-order valence-electron chi connectivity index (χ4n) is 2.57. The highest BCUT2D eigenvalue weighted by molar-refractivity contribution is 5.98. The molecular weight excluding hydrogens is 304 g/mol. The van der Waals surface area contributed by atoms with Crippen LogP contribution in [0.5, 0.6) is 5.88 Å². The van der Waals surface area contributed by atoms with Crippen molar-refractivity contribution in [3.63, 3.8) is 0 Å². The number of methoxy groups -OCH3 is 1. The normalized spacial score (nSPS) is 11.5. The smallest absolute Gasteiger partial charge is 0.331 e. The Balaban J connectivity index is 2.13. The van der Waals surface area contributed by atoms with Gasteiger partial charge in [-0.1, -0.05) is 36.4 Å². The van der Waals surface area contributed by atoms with Crippen LogP contribution in [0.15, 0.2) is 54.6 Å². The van der Waals surface area contributed by atoms with E-state index in [9.17, 15) is 4.79 Å². The number of hydrogen-bond acceptors (Lipinski definition) is 4. The minimum Gasteiger partial charge on any atom is -0.480 e. The largest absolute Gasteiger partial charge is 0.480 e. The lowest BCUT2D eigenvalue weighted by atomic mass is 9.96. The quantitative estimate of drug-likeness (QED) is 0.576. The summed E-state index contributed by atoms with van der Waals surface area (Å²) in [6.45, 7) is 2.13. The van der Waals surface area contributed by atoms with Gasteiger partial charge in [0.1, 0.15) is 0 Å². The highest BCUT2D eigenvalue weighted by atomic mass is 16.5. The SMILES string of the molecule is CCOC(=O)/C=C(\c1ccccc1)c1ccc2[nH]nc(OC)c2c1. The second kappa shape index (κ2) is 7.00. The number of H-pyrrole nitrogens is 1. The van der Waals surface area contributed by atoms with Gasteiger partial charge in [-0.15, -0.1) is 5.10 Å². The van der Waals surface area contributed by atoms with Crippen molar-refractivity contribution in [3.05, 3.63) is 65.7 Å². The topological polar surface area (TPSA) is 64.2 Å². The number of aromatic amines is 1. The number of ether oxygens (including phenoxy) is 2. The van der Waals surface area contributed by atoms with Gasteiger partial charge in [-0.2, -0.15) is 0 Å². The zero-order chi connectivity index (χ0) is 16.9. The van der Waals surface area contributed by atoms with E-state index >= 15 is 0 Å². The number of rotatable bonds is 5. The number of aromatic nitrogens is 2. The van der Waals surface area contributed by atoms with Crippen LogP contribution in [0.2, 0.25) is 0 Å². The third-order valence-corrected chi connectivity index (χ3v) is 3.67. The maximum absolute atomic E-state index is 12.0. The van der Waals surface area contributed by atoms with Crippen LogP contribution in [0.3, 0.4) is 0 Å². The number of nitrogens with zero attached hydrogens (tertiary/aromatic N) is 1. The minimum atomic E-state index is -0.365. The molecule has 0 aliphatic carbocycles. The molecule has 0 aliphatic heterocycles. The molecule has 3 aromatic rings. The van der Waals surface area contributed by atoms with Gasteiger partial charge in [0.15, 0.2) is 0 Å². The highest BCUT2D eigenvalue weighted by Gasteiger charge is 2.12. The van der Waals surface area contributed by atoms with Crippen molar-refractivity contribution < 1.29 is 14.3 Å². The third kappa shape index (κ3) is 3.15. The first-order valence-corrected chi connectivity index (χ1v) is 7.69. The van der Waals surface area contributed by atoms with Gasteiger partial charge in [-0.05, 0) is 35.8 Å². The van der Waals surface area contributed by atoms with Gasteiger partial charge in [0, 0.05) is 6.08 Å². The first kappa shape index (κ1) is 15.8. The molecule has 3 rings (SSSR count). The molecule has 0 bridgehead atoms. The summed E-state index contributed by atoms with van der Waals surface area (Å²) in [6, 6.07) is 15.5. The summed E-state index contributed by atoms with van der Waals surface area (Å²) < 4.78 is 10.3. The second-order valence-electron chi connectivity index (χ2n) is 5.17. The van der Waals surface area contributed by atoms with Crippen molar-refractivity contribution in [1.29, 1.82) is 0 Å². The van der Waals surface area contributed by atoms with Crippen LogP contribution in [0.25, 0.3) is 16.5 Å². The zero-order valence-corrected chi connectivity index (χ0v) is 13.6. The maximum Gasteiger partial charge on any atom is 0.331 e. The van der Waals surface area contributed by atoms with Gasteiger partial charge in [-0.25, -0.2) is 4.79 Å². The molecule has 122 valence electrons. The summed E-state index contributed by atoms with van der Waals surface area (Å²) in [7, 11) is 1.58. The molecule has 0 atom stereocenters. The molecule has 2 aromatic carbocycles. The summed E-state index contributed by atoms with van der Waals surface area (Å²) in [4.78, 5) is 12.0. The summed E-state index contributed by atoms with van der Waals surface area (Å²) >= 11 is 0. The van der Waals surface area contributed by atoms with E-state index in [1.165, 1.54) is 6.08 Å². The lowest BCUT2D eigenvalue weighted by Gasteiger charge is -2.09. The molecule has 1 heterocycles. The molecule has 1 N–H and O–H groups in total. The number of esters is 1. The van der Waals surface area contributed by atoms with Gasteiger partial charge in [-0.3, -0.25) is 5.10 Å². The Morgan fingerprint density at radius 1 is 1.17 bits per heavy atom. The Kier molecular flexibility index (Phi) is 4.61. The monoisotopic (exact) mass is 322 g/mol. The van der Waals surface area contributed by atoms with E-state index in [2.05, 4.69) is 10.2 Å². The Morgan fingerprint density at radius 2 is 1.96 bits per heavy atom. The van der Waals surface area contributed by atoms with Gasteiger partial charge in [0.2, 0.25) is 5.88 Å². The molecule has 0 radical (unpaired) electrons. The maximum atomic E-state index is 12.0. The Bertz CT molecular complexity index is 882. The van der Waals surface area contributed by atoms with Crippen molar-refractivity contribution >= 4 is 22.4 Å². The average molecular weight is 322 g/mol. The van der Waals surface area contributed by atoms with Crippen molar-refractivity contribution in [2.45, 2.75) is 6.92 Å². The minimum absolute atomic E-state index is 0.339.